The van der Waals surface area contributed by atoms with Crippen molar-refractivity contribution in [3.05, 3.63) is 12.2 Å². The Balaban J connectivity index is 1.77. The fourth-order valence-electron chi connectivity index (χ4n) is 1.91. The van der Waals surface area contributed by atoms with Crippen LogP contribution in [-0.2, 0) is 23.0 Å². The molecule has 1 atom stereocenters. The molecule has 2 rings (SSSR count). The molecule has 1 aliphatic heterocycles. The number of aliphatic carboxylic acids is 1. The highest BCUT2D eigenvalue weighted by Gasteiger charge is 2.28. The van der Waals surface area contributed by atoms with Gasteiger partial charge in [-0.15, -0.1) is 10.2 Å². The molecule has 9 heteroatoms. The van der Waals surface area contributed by atoms with E-state index in [1.807, 2.05) is 7.05 Å². The zero-order valence-corrected chi connectivity index (χ0v) is 11.2. The maximum absolute atomic E-state index is 11.9. The fourth-order valence-corrected chi connectivity index (χ4v) is 1.91. The number of ether oxygens (including phenoxy) is 1. The van der Waals surface area contributed by atoms with Crippen LogP contribution in [0.15, 0.2) is 6.33 Å². The molecule has 0 aromatic carbocycles. The van der Waals surface area contributed by atoms with E-state index in [4.69, 9.17) is 9.84 Å². The molecular weight excluding hydrogens is 266 g/mol. The Bertz CT molecular complexity index is 489. The molecule has 2 N–H and O–H groups in total. The molecule has 0 saturated carbocycles. The first-order valence-electron chi connectivity index (χ1n) is 6.28. The molecular formula is C11H17N5O4. The lowest BCUT2D eigenvalue weighted by Crippen LogP contribution is -2.52. The highest BCUT2D eigenvalue weighted by molar-refractivity contribution is 5.77. The van der Waals surface area contributed by atoms with Crippen molar-refractivity contribution in [2.24, 2.45) is 7.05 Å². The second kappa shape index (κ2) is 6.33. The third-order valence-electron chi connectivity index (χ3n) is 3.06. The minimum atomic E-state index is -1.05. The first-order chi connectivity index (χ1) is 9.58. The summed E-state index contributed by atoms with van der Waals surface area (Å²) in [5, 5.41) is 19.3. The second-order valence-corrected chi connectivity index (χ2v) is 4.48. The summed E-state index contributed by atoms with van der Waals surface area (Å²) < 4.78 is 6.84. The topological polar surface area (TPSA) is 110 Å². The van der Waals surface area contributed by atoms with Gasteiger partial charge in [0, 0.05) is 26.6 Å². The van der Waals surface area contributed by atoms with E-state index in [2.05, 4.69) is 15.5 Å². The van der Waals surface area contributed by atoms with E-state index in [-0.39, 0.29) is 19.2 Å². The van der Waals surface area contributed by atoms with Gasteiger partial charge in [0.2, 0.25) is 0 Å². The number of carboxylic acid groups (broad SMARTS) is 1. The van der Waals surface area contributed by atoms with E-state index in [1.165, 1.54) is 4.90 Å². The van der Waals surface area contributed by atoms with Gasteiger partial charge in [0.1, 0.15) is 12.2 Å². The molecule has 9 nitrogen and oxygen atoms in total. The molecule has 2 amide bonds. The summed E-state index contributed by atoms with van der Waals surface area (Å²) in [7, 11) is 1.83. The van der Waals surface area contributed by atoms with Crippen molar-refractivity contribution in [2.45, 2.75) is 12.5 Å². The van der Waals surface area contributed by atoms with Crippen molar-refractivity contribution in [3.63, 3.8) is 0 Å². The zero-order valence-electron chi connectivity index (χ0n) is 11.2. The lowest BCUT2D eigenvalue weighted by molar-refractivity contribution is -0.154. The fraction of sp³-hybridized carbons (Fsp3) is 0.636. The van der Waals surface area contributed by atoms with Gasteiger partial charge in [0.25, 0.3) is 0 Å². The monoisotopic (exact) mass is 283 g/mol. The van der Waals surface area contributed by atoms with Gasteiger partial charge in [0.15, 0.2) is 6.10 Å². The van der Waals surface area contributed by atoms with Gasteiger partial charge >= 0.3 is 12.0 Å². The average Bonchev–Trinajstić information content (AvgIpc) is 2.84. The predicted molar refractivity (Wildman–Crippen MR) is 67.1 cm³/mol. The number of hydrogen-bond donors (Lipinski definition) is 2. The van der Waals surface area contributed by atoms with Gasteiger partial charge in [0.05, 0.1) is 13.2 Å². The number of amides is 2. The van der Waals surface area contributed by atoms with Gasteiger partial charge in [-0.3, -0.25) is 0 Å². The summed E-state index contributed by atoms with van der Waals surface area (Å²) in [4.78, 5) is 24.2. The Kier molecular flexibility index (Phi) is 4.51. The Morgan fingerprint density at radius 2 is 2.40 bits per heavy atom. The molecule has 20 heavy (non-hydrogen) atoms. The number of morpholine rings is 1. The van der Waals surface area contributed by atoms with Crippen molar-refractivity contribution >= 4 is 12.0 Å². The van der Waals surface area contributed by atoms with Gasteiger partial charge in [-0.25, -0.2) is 9.59 Å². The van der Waals surface area contributed by atoms with Crippen molar-refractivity contribution < 1.29 is 19.4 Å². The molecule has 0 aliphatic carbocycles. The number of nitrogens with zero attached hydrogens (tertiary/aromatic N) is 4. The van der Waals surface area contributed by atoms with Crippen molar-refractivity contribution in [3.8, 4) is 0 Å². The van der Waals surface area contributed by atoms with Gasteiger partial charge in [-0.05, 0) is 0 Å². The molecule has 0 spiro atoms. The standard InChI is InChI=1S/C11H17N5O4/c1-15-7-13-14-9(15)2-3-12-11(19)16-4-5-20-8(6-16)10(17)18/h7-8H,2-6H2,1H3,(H,12,19)(H,17,18). The normalized spacial score (nSPS) is 18.9. The smallest absolute Gasteiger partial charge is 0.334 e. The van der Waals surface area contributed by atoms with Crippen LogP contribution in [0.3, 0.4) is 0 Å². The highest BCUT2D eigenvalue weighted by atomic mass is 16.5. The van der Waals surface area contributed by atoms with Gasteiger partial charge in [-0.2, -0.15) is 0 Å². The van der Waals surface area contributed by atoms with Crippen LogP contribution < -0.4 is 5.32 Å². The lowest BCUT2D eigenvalue weighted by atomic mass is 10.3. The number of urea groups is 1. The van der Waals surface area contributed by atoms with Crippen LogP contribution in [0.4, 0.5) is 4.79 Å². The number of hydrogen-bond acceptors (Lipinski definition) is 5. The maximum Gasteiger partial charge on any atom is 0.334 e. The van der Waals surface area contributed by atoms with Crippen LogP contribution in [0.2, 0.25) is 0 Å². The van der Waals surface area contributed by atoms with E-state index in [1.54, 1.807) is 10.9 Å². The summed E-state index contributed by atoms with van der Waals surface area (Å²) >= 11 is 0. The Morgan fingerprint density at radius 1 is 1.60 bits per heavy atom. The number of rotatable bonds is 4. The summed E-state index contributed by atoms with van der Waals surface area (Å²) in [6.07, 6.45) is 1.21. The van der Waals surface area contributed by atoms with E-state index < -0.39 is 12.1 Å². The largest absolute Gasteiger partial charge is 0.479 e. The van der Waals surface area contributed by atoms with E-state index >= 15 is 0 Å². The first-order valence-corrected chi connectivity index (χ1v) is 6.28. The zero-order chi connectivity index (χ0) is 14.5. The minimum Gasteiger partial charge on any atom is -0.479 e. The van der Waals surface area contributed by atoms with E-state index in [9.17, 15) is 9.59 Å². The van der Waals surface area contributed by atoms with Gasteiger partial charge in [-0.1, -0.05) is 0 Å². The molecule has 1 fully saturated rings. The quantitative estimate of drug-likeness (QED) is 0.722. The first kappa shape index (κ1) is 14.3. The summed E-state index contributed by atoms with van der Waals surface area (Å²) in [5.74, 6) is -0.280. The predicted octanol–water partition coefficient (Wildman–Crippen LogP) is -1.15. The Labute approximate surface area is 115 Å². The Morgan fingerprint density at radius 3 is 3.05 bits per heavy atom. The molecule has 1 saturated heterocycles. The van der Waals surface area contributed by atoms with Crippen LogP contribution >= 0.6 is 0 Å². The summed E-state index contributed by atoms with van der Waals surface area (Å²) in [5.41, 5.74) is 0. The minimum absolute atomic E-state index is 0.0606. The number of aryl methyl sites for hydroxylation is 1. The molecule has 1 unspecified atom stereocenters. The number of aromatic nitrogens is 3. The molecule has 0 bridgehead atoms. The average molecular weight is 283 g/mol. The molecule has 110 valence electrons. The van der Waals surface area contributed by atoms with Crippen LogP contribution in [0.25, 0.3) is 0 Å². The molecule has 2 heterocycles. The number of carbonyl (C=O) groups excluding carboxylic acids is 1. The molecule has 1 aromatic rings. The Hall–Kier alpha value is -2.16. The van der Waals surface area contributed by atoms with Gasteiger partial charge < -0.3 is 24.6 Å². The lowest BCUT2D eigenvalue weighted by Gasteiger charge is -2.30. The van der Waals surface area contributed by atoms with Crippen LogP contribution in [-0.4, -0.2) is 69.1 Å². The molecule has 0 radical (unpaired) electrons. The number of carbonyl (C=O) groups is 2. The SMILES string of the molecule is Cn1cnnc1CCNC(=O)N1CCOC(C(=O)O)C1. The second-order valence-electron chi connectivity index (χ2n) is 4.48. The van der Waals surface area contributed by atoms with Crippen molar-refractivity contribution in [2.75, 3.05) is 26.2 Å². The van der Waals surface area contributed by atoms with Crippen LogP contribution in [0.1, 0.15) is 5.82 Å². The molecule has 1 aromatic heterocycles. The van der Waals surface area contributed by atoms with E-state index in [0.29, 0.717) is 19.5 Å². The van der Waals surface area contributed by atoms with Crippen molar-refractivity contribution in [1.82, 2.24) is 25.0 Å². The summed E-state index contributed by atoms with van der Waals surface area (Å²) in [6.45, 7) is 1.10. The highest BCUT2D eigenvalue weighted by Crippen LogP contribution is 2.05. The maximum atomic E-state index is 11.9. The number of carboxylic acids is 1. The van der Waals surface area contributed by atoms with E-state index in [0.717, 1.165) is 5.82 Å². The van der Waals surface area contributed by atoms with Crippen LogP contribution in [0, 0.1) is 0 Å². The van der Waals surface area contributed by atoms with Crippen molar-refractivity contribution in [1.29, 1.82) is 0 Å². The molecule has 1 aliphatic rings. The summed E-state index contributed by atoms with van der Waals surface area (Å²) in [6, 6.07) is -0.290. The third-order valence-corrected chi connectivity index (χ3v) is 3.06. The third kappa shape index (κ3) is 3.44. The number of nitrogens with one attached hydrogen (secondary N) is 1. The van der Waals surface area contributed by atoms with Crippen LogP contribution in [0.5, 0.6) is 0 Å².